The van der Waals surface area contributed by atoms with E-state index in [9.17, 15) is 15.2 Å². The highest BCUT2D eigenvalue weighted by molar-refractivity contribution is 5.63. The van der Waals surface area contributed by atoms with Crippen molar-refractivity contribution in [1.29, 1.82) is 0 Å². The zero-order valence-corrected chi connectivity index (χ0v) is 15.0. The van der Waals surface area contributed by atoms with E-state index in [0.717, 1.165) is 43.3 Å². The fraction of sp³-hybridized carbons (Fsp3) is 0.444. The van der Waals surface area contributed by atoms with Crippen molar-refractivity contribution in [2.75, 3.05) is 23.3 Å². The van der Waals surface area contributed by atoms with Gasteiger partial charge >= 0.3 is 0 Å². The Morgan fingerprint density at radius 1 is 1.27 bits per heavy atom. The van der Waals surface area contributed by atoms with Crippen molar-refractivity contribution in [2.24, 2.45) is 0 Å². The van der Waals surface area contributed by atoms with Gasteiger partial charge in [0.1, 0.15) is 17.3 Å². The molecule has 1 aromatic carbocycles. The first-order valence-corrected chi connectivity index (χ1v) is 8.68. The summed E-state index contributed by atoms with van der Waals surface area (Å²) in [5.41, 5.74) is 2.10. The number of rotatable bonds is 5. The molecule has 0 amide bonds. The number of piperidine rings is 1. The number of nitrogens with one attached hydrogen (secondary N) is 1. The summed E-state index contributed by atoms with van der Waals surface area (Å²) in [6.45, 7) is 5.34. The predicted molar refractivity (Wildman–Crippen MR) is 99.4 cm³/mol. The van der Waals surface area contributed by atoms with Crippen LogP contribution in [0.2, 0.25) is 0 Å². The number of nitro groups is 1. The summed E-state index contributed by atoms with van der Waals surface area (Å²) in [6, 6.07) is 6.79. The van der Waals surface area contributed by atoms with Crippen molar-refractivity contribution in [3.63, 3.8) is 0 Å². The number of nitrogens with zero attached hydrogens (tertiary/aromatic N) is 4. The predicted octanol–water partition coefficient (Wildman–Crippen LogP) is 2.57. The lowest BCUT2D eigenvalue weighted by Crippen LogP contribution is -2.39. The fourth-order valence-corrected chi connectivity index (χ4v) is 3.29. The number of aryl methyl sites for hydroxylation is 2. The van der Waals surface area contributed by atoms with Gasteiger partial charge in [-0.3, -0.25) is 10.1 Å². The van der Waals surface area contributed by atoms with Gasteiger partial charge in [-0.2, -0.15) is 0 Å². The van der Waals surface area contributed by atoms with E-state index in [2.05, 4.69) is 20.2 Å². The summed E-state index contributed by atoms with van der Waals surface area (Å²) in [6.07, 6.45) is 1.70. The number of benzene rings is 1. The molecule has 8 nitrogen and oxygen atoms in total. The van der Waals surface area contributed by atoms with E-state index in [1.165, 1.54) is 6.07 Å². The van der Waals surface area contributed by atoms with Gasteiger partial charge in [-0.1, -0.05) is 0 Å². The molecule has 1 aromatic heterocycles. The average Bonchev–Trinajstić information content (AvgIpc) is 2.61. The van der Waals surface area contributed by atoms with E-state index >= 15 is 0 Å². The molecule has 1 aliphatic heterocycles. The molecule has 0 atom stereocenters. The van der Waals surface area contributed by atoms with Crippen LogP contribution < -0.4 is 10.2 Å². The van der Waals surface area contributed by atoms with Crippen molar-refractivity contribution in [1.82, 2.24) is 9.97 Å². The van der Waals surface area contributed by atoms with Gasteiger partial charge in [-0.05, 0) is 44.4 Å². The minimum absolute atomic E-state index is 0.0340. The molecular weight excluding hydrogens is 334 g/mol. The first-order valence-electron chi connectivity index (χ1n) is 8.68. The molecule has 0 aliphatic carbocycles. The van der Waals surface area contributed by atoms with Crippen LogP contribution >= 0.6 is 0 Å². The fourth-order valence-electron chi connectivity index (χ4n) is 3.29. The number of aliphatic hydroxyl groups excluding tert-OH is 1. The smallest absolute Gasteiger partial charge is 0.292 e. The highest BCUT2D eigenvalue weighted by Crippen LogP contribution is 2.28. The molecular formula is C18H23N5O3. The van der Waals surface area contributed by atoms with Crippen molar-refractivity contribution < 1.29 is 10.0 Å². The Bertz CT molecular complexity index is 783. The first kappa shape index (κ1) is 18.1. The van der Waals surface area contributed by atoms with Gasteiger partial charge < -0.3 is 15.3 Å². The Hall–Kier alpha value is -2.74. The third-order valence-electron chi connectivity index (χ3n) is 4.57. The van der Waals surface area contributed by atoms with Crippen molar-refractivity contribution in [3.05, 3.63) is 51.5 Å². The average molecular weight is 357 g/mol. The molecule has 0 radical (unpaired) electrons. The summed E-state index contributed by atoms with van der Waals surface area (Å²) in [5.74, 6) is 1.69. The molecule has 2 aromatic rings. The Morgan fingerprint density at radius 3 is 2.62 bits per heavy atom. The number of aliphatic hydroxyl groups is 1. The molecule has 8 heteroatoms. The maximum atomic E-state index is 11.2. The van der Waals surface area contributed by atoms with Crippen LogP contribution in [0.5, 0.6) is 0 Å². The molecule has 1 saturated heterocycles. The van der Waals surface area contributed by atoms with E-state index in [-0.39, 0.29) is 18.3 Å². The molecule has 3 rings (SSSR count). The van der Waals surface area contributed by atoms with Crippen LogP contribution in [0.25, 0.3) is 0 Å². The van der Waals surface area contributed by atoms with Gasteiger partial charge in [0, 0.05) is 37.0 Å². The molecule has 26 heavy (non-hydrogen) atoms. The molecule has 138 valence electrons. The Balaban J connectivity index is 1.68. The van der Waals surface area contributed by atoms with Crippen molar-refractivity contribution in [2.45, 2.75) is 39.3 Å². The third-order valence-corrected chi connectivity index (χ3v) is 4.57. The van der Waals surface area contributed by atoms with Crippen molar-refractivity contribution in [3.8, 4) is 0 Å². The van der Waals surface area contributed by atoms with Crippen LogP contribution in [0.4, 0.5) is 17.2 Å². The SMILES string of the molecule is Cc1cc(N2CCC(Nc3cc(CO)ccc3[N+](=O)[O-])CC2)nc(C)n1. The summed E-state index contributed by atoms with van der Waals surface area (Å²) in [5, 5.41) is 23.8. The topological polar surface area (TPSA) is 104 Å². The summed E-state index contributed by atoms with van der Waals surface area (Å²) in [4.78, 5) is 21.9. The van der Waals surface area contributed by atoms with Crippen LogP contribution in [0, 0.1) is 24.0 Å². The highest BCUT2D eigenvalue weighted by Gasteiger charge is 2.23. The molecule has 1 aliphatic rings. The minimum Gasteiger partial charge on any atom is -0.392 e. The Kier molecular flexibility index (Phi) is 5.32. The van der Waals surface area contributed by atoms with Gasteiger partial charge in [0.15, 0.2) is 0 Å². The second-order valence-electron chi connectivity index (χ2n) is 6.59. The van der Waals surface area contributed by atoms with Gasteiger partial charge in [0.2, 0.25) is 0 Å². The zero-order chi connectivity index (χ0) is 18.7. The lowest BCUT2D eigenvalue weighted by Gasteiger charge is -2.33. The number of hydrogen-bond acceptors (Lipinski definition) is 7. The van der Waals surface area contributed by atoms with E-state index in [1.807, 2.05) is 19.9 Å². The van der Waals surface area contributed by atoms with Crippen LogP contribution in [-0.2, 0) is 6.61 Å². The van der Waals surface area contributed by atoms with Crippen LogP contribution in [0.15, 0.2) is 24.3 Å². The molecule has 2 N–H and O–H groups in total. The van der Waals surface area contributed by atoms with E-state index in [1.54, 1.807) is 12.1 Å². The molecule has 0 spiro atoms. The quantitative estimate of drug-likeness (QED) is 0.626. The third kappa shape index (κ3) is 4.08. The molecule has 0 saturated carbocycles. The van der Waals surface area contributed by atoms with E-state index in [4.69, 9.17) is 0 Å². The molecule has 1 fully saturated rings. The lowest BCUT2D eigenvalue weighted by molar-refractivity contribution is -0.384. The highest BCUT2D eigenvalue weighted by atomic mass is 16.6. The standard InChI is InChI=1S/C18H23N5O3/c1-12-9-18(20-13(2)19-12)22-7-5-15(6-8-22)21-16-10-14(11-24)3-4-17(16)23(25)26/h3-4,9-10,15,21,24H,5-8,11H2,1-2H3. The lowest BCUT2D eigenvalue weighted by atomic mass is 10.0. The van der Waals surface area contributed by atoms with Crippen LogP contribution in [0.3, 0.4) is 0 Å². The summed E-state index contributed by atoms with van der Waals surface area (Å²) < 4.78 is 0. The molecule has 0 bridgehead atoms. The maximum absolute atomic E-state index is 11.2. The van der Waals surface area contributed by atoms with Gasteiger partial charge in [-0.25, -0.2) is 9.97 Å². The number of anilines is 2. The number of aromatic nitrogens is 2. The second kappa shape index (κ2) is 7.65. The summed E-state index contributed by atoms with van der Waals surface area (Å²) >= 11 is 0. The second-order valence-corrected chi connectivity index (χ2v) is 6.59. The van der Waals surface area contributed by atoms with Crippen LogP contribution in [-0.4, -0.2) is 39.1 Å². The number of hydrogen-bond donors (Lipinski definition) is 2. The monoisotopic (exact) mass is 357 g/mol. The Labute approximate surface area is 152 Å². The van der Waals surface area contributed by atoms with Crippen molar-refractivity contribution >= 4 is 17.2 Å². The first-order chi connectivity index (χ1) is 12.5. The number of nitro benzene ring substituents is 1. The van der Waals surface area contributed by atoms with Crippen LogP contribution in [0.1, 0.15) is 29.9 Å². The molecule has 0 unspecified atom stereocenters. The normalized spacial score (nSPS) is 15.1. The molecule has 2 heterocycles. The summed E-state index contributed by atoms with van der Waals surface area (Å²) in [7, 11) is 0. The minimum atomic E-state index is -0.398. The maximum Gasteiger partial charge on any atom is 0.292 e. The van der Waals surface area contributed by atoms with Gasteiger partial charge in [0.05, 0.1) is 11.5 Å². The largest absolute Gasteiger partial charge is 0.392 e. The Morgan fingerprint density at radius 2 is 2.00 bits per heavy atom. The van der Waals surface area contributed by atoms with E-state index in [0.29, 0.717) is 11.3 Å². The van der Waals surface area contributed by atoms with Gasteiger partial charge in [-0.15, -0.1) is 0 Å². The van der Waals surface area contributed by atoms with Gasteiger partial charge in [0.25, 0.3) is 5.69 Å². The van der Waals surface area contributed by atoms with E-state index < -0.39 is 4.92 Å². The zero-order valence-electron chi connectivity index (χ0n) is 15.0.